The number of imidazole rings is 1. The third-order valence-electron chi connectivity index (χ3n) is 5.92. The Balaban J connectivity index is 1.48. The molecule has 0 atom stereocenters. The van der Waals surface area contributed by atoms with Gasteiger partial charge in [0.2, 0.25) is 0 Å². The summed E-state index contributed by atoms with van der Waals surface area (Å²) >= 11 is 0. The van der Waals surface area contributed by atoms with E-state index >= 15 is 0 Å². The average Bonchev–Trinajstić information content (AvgIpc) is 3.47. The van der Waals surface area contributed by atoms with Crippen LogP contribution < -0.4 is 4.90 Å². The maximum atomic E-state index is 14.1. The molecule has 0 saturated carbocycles. The molecular weight excluding hydrogens is 443 g/mol. The number of rotatable bonds is 4. The molecule has 0 saturated heterocycles. The predicted molar refractivity (Wildman–Crippen MR) is 134 cm³/mol. The zero-order valence-electron chi connectivity index (χ0n) is 19.3. The molecule has 5 heterocycles. The molecule has 2 N–H and O–H groups in total. The Hall–Kier alpha value is -4.66. The first-order chi connectivity index (χ1) is 17.0. The molecule has 0 amide bonds. The molecule has 0 aliphatic rings. The number of aryl methyl sites for hydroxylation is 1. The van der Waals surface area contributed by atoms with Gasteiger partial charge in [-0.2, -0.15) is 5.10 Å². The molecule has 0 spiro atoms. The van der Waals surface area contributed by atoms with Crippen LogP contribution in [-0.4, -0.2) is 49.2 Å². The normalized spacial score (nSPS) is 11.4. The molecule has 0 radical (unpaired) electrons. The van der Waals surface area contributed by atoms with Crippen molar-refractivity contribution >= 4 is 27.8 Å². The van der Waals surface area contributed by atoms with Crippen LogP contribution in [0.5, 0.6) is 0 Å². The van der Waals surface area contributed by atoms with Crippen LogP contribution in [-0.2, 0) is 0 Å². The number of halogens is 1. The van der Waals surface area contributed by atoms with Crippen molar-refractivity contribution in [1.82, 2.24) is 35.1 Å². The van der Waals surface area contributed by atoms with Crippen LogP contribution >= 0.6 is 0 Å². The molecule has 35 heavy (non-hydrogen) atoms. The van der Waals surface area contributed by atoms with Crippen molar-refractivity contribution in [2.75, 3.05) is 19.0 Å². The van der Waals surface area contributed by atoms with Crippen molar-refractivity contribution in [1.29, 1.82) is 0 Å². The van der Waals surface area contributed by atoms with Gasteiger partial charge in [-0.05, 0) is 48.4 Å². The maximum absolute atomic E-state index is 14.1. The summed E-state index contributed by atoms with van der Waals surface area (Å²) in [6.07, 6.45) is 7.00. The first-order valence-corrected chi connectivity index (χ1v) is 11.1. The van der Waals surface area contributed by atoms with Gasteiger partial charge in [0.15, 0.2) is 11.5 Å². The maximum Gasteiger partial charge on any atom is 0.161 e. The monoisotopic (exact) mass is 464 g/mol. The van der Waals surface area contributed by atoms with E-state index in [0.717, 1.165) is 44.7 Å². The second-order valence-electron chi connectivity index (χ2n) is 8.68. The molecule has 0 aliphatic heterocycles. The number of nitrogens with zero attached hydrogens (tertiary/aromatic N) is 6. The molecule has 172 valence electrons. The Morgan fingerprint density at radius 1 is 0.829 bits per heavy atom. The summed E-state index contributed by atoms with van der Waals surface area (Å²) < 4.78 is 14.1. The summed E-state index contributed by atoms with van der Waals surface area (Å²) in [5.74, 6) is 0.258. The number of nitrogens with one attached hydrogen (secondary N) is 2. The minimum atomic E-state index is -0.296. The summed E-state index contributed by atoms with van der Waals surface area (Å²) in [4.78, 5) is 23.7. The number of hydrogen-bond donors (Lipinski definition) is 2. The van der Waals surface area contributed by atoms with Crippen molar-refractivity contribution < 1.29 is 4.39 Å². The van der Waals surface area contributed by atoms with Crippen LogP contribution in [0.1, 0.15) is 5.56 Å². The Bertz CT molecular complexity index is 1700. The van der Waals surface area contributed by atoms with Crippen LogP contribution in [0.3, 0.4) is 0 Å². The van der Waals surface area contributed by atoms with Gasteiger partial charge in [0.05, 0.1) is 40.3 Å². The van der Waals surface area contributed by atoms with E-state index in [1.165, 1.54) is 12.1 Å². The molecule has 6 rings (SSSR count). The van der Waals surface area contributed by atoms with E-state index in [4.69, 9.17) is 9.97 Å². The smallest absolute Gasteiger partial charge is 0.161 e. The number of benzene rings is 1. The van der Waals surface area contributed by atoms with Gasteiger partial charge in [0.1, 0.15) is 11.3 Å². The van der Waals surface area contributed by atoms with Gasteiger partial charge < -0.3 is 9.88 Å². The van der Waals surface area contributed by atoms with Crippen molar-refractivity contribution in [3.63, 3.8) is 0 Å². The first-order valence-electron chi connectivity index (χ1n) is 11.1. The number of pyridine rings is 3. The summed E-state index contributed by atoms with van der Waals surface area (Å²) in [5, 5.41) is 7.53. The minimum absolute atomic E-state index is 0.296. The molecule has 0 bridgehead atoms. The second-order valence-corrected chi connectivity index (χ2v) is 8.68. The lowest BCUT2D eigenvalue weighted by Gasteiger charge is -2.12. The van der Waals surface area contributed by atoms with Gasteiger partial charge in [0, 0.05) is 37.6 Å². The van der Waals surface area contributed by atoms with Crippen LogP contribution in [0.25, 0.3) is 56.0 Å². The van der Waals surface area contributed by atoms with Gasteiger partial charge in [-0.25, -0.2) is 14.4 Å². The van der Waals surface area contributed by atoms with E-state index < -0.39 is 0 Å². The zero-order chi connectivity index (χ0) is 24.1. The predicted octanol–water partition coefficient (Wildman–Crippen LogP) is 5.14. The highest BCUT2D eigenvalue weighted by Gasteiger charge is 2.17. The Morgan fingerprint density at radius 3 is 2.51 bits per heavy atom. The Morgan fingerprint density at radius 2 is 1.69 bits per heavy atom. The van der Waals surface area contributed by atoms with Crippen molar-refractivity contribution in [2.45, 2.75) is 6.92 Å². The Kier molecular flexibility index (Phi) is 4.77. The number of aromatic nitrogens is 7. The van der Waals surface area contributed by atoms with Gasteiger partial charge in [-0.15, -0.1) is 0 Å². The molecule has 0 unspecified atom stereocenters. The van der Waals surface area contributed by atoms with Gasteiger partial charge in [-0.1, -0.05) is 6.07 Å². The molecule has 0 fully saturated rings. The largest absolute Gasteiger partial charge is 0.376 e. The standard InChI is InChI=1S/C26H21FN8/c1-14-6-15(8-17(27)7-14)19-12-29-13-22-23(19)32-26(31-22)25-24-21(33-34-25)5-4-20(30-24)16-9-18(35(2)3)11-28-10-16/h4-13H,1-3H3,(H,31,32)(H,33,34). The summed E-state index contributed by atoms with van der Waals surface area (Å²) in [6, 6.07) is 10.8. The number of aromatic amines is 2. The third-order valence-corrected chi connectivity index (χ3v) is 5.92. The molecule has 6 aromatic rings. The van der Waals surface area contributed by atoms with Crippen LogP contribution in [0, 0.1) is 12.7 Å². The summed E-state index contributed by atoms with van der Waals surface area (Å²) in [7, 11) is 3.95. The second kappa shape index (κ2) is 7.98. The van der Waals surface area contributed by atoms with Gasteiger partial charge >= 0.3 is 0 Å². The number of hydrogen-bond acceptors (Lipinski definition) is 6. The molecule has 0 aliphatic carbocycles. The van der Waals surface area contributed by atoms with E-state index in [1.807, 2.05) is 56.4 Å². The average molecular weight is 465 g/mol. The van der Waals surface area contributed by atoms with Crippen LogP contribution in [0.4, 0.5) is 10.1 Å². The summed E-state index contributed by atoms with van der Waals surface area (Å²) in [6.45, 7) is 1.86. The first kappa shape index (κ1) is 20.9. The minimum Gasteiger partial charge on any atom is -0.376 e. The highest BCUT2D eigenvalue weighted by Crippen LogP contribution is 2.32. The lowest BCUT2D eigenvalue weighted by Crippen LogP contribution is -2.08. The quantitative estimate of drug-likeness (QED) is 0.375. The fourth-order valence-corrected chi connectivity index (χ4v) is 4.19. The lowest BCUT2D eigenvalue weighted by molar-refractivity contribution is 0.627. The SMILES string of the molecule is Cc1cc(F)cc(-c2cncc3[nH]c(-c4n[nH]c5ccc(-c6cncc(N(C)C)c6)nc45)nc23)c1. The fraction of sp³-hybridized carbons (Fsp3) is 0.115. The van der Waals surface area contributed by atoms with Crippen molar-refractivity contribution in [3.05, 3.63) is 72.6 Å². The molecule has 1 aromatic carbocycles. The Labute approximate surface area is 199 Å². The van der Waals surface area contributed by atoms with Crippen LogP contribution in [0.2, 0.25) is 0 Å². The number of fused-ring (bicyclic) bond motifs is 2. The highest BCUT2D eigenvalue weighted by molar-refractivity contribution is 5.95. The molecule has 8 nitrogen and oxygen atoms in total. The van der Waals surface area contributed by atoms with E-state index in [1.54, 1.807) is 18.6 Å². The topological polar surface area (TPSA) is 99.3 Å². The molecule has 5 aromatic heterocycles. The third kappa shape index (κ3) is 3.67. The number of anilines is 1. The zero-order valence-corrected chi connectivity index (χ0v) is 19.3. The number of H-pyrrole nitrogens is 2. The van der Waals surface area contributed by atoms with E-state index in [0.29, 0.717) is 22.6 Å². The molecule has 9 heteroatoms. The van der Waals surface area contributed by atoms with Gasteiger partial charge in [-0.3, -0.25) is 15.1 Å². The lowest BCUT2D eigenvalue weighted by atomic mass is 10.0. The van der Waals surface area contributed by atoms with Crippen molar-refractivity contribution in [2.24, 2.45) is 0 Å². The van der Waals surface area contributed by atoms with Crippen LogP contribution in [0.15, 0.2) is 61.2 Å². The fourth-order valence-electron chi connectivity index (χ4n) is 4.19. The van der Waals surface area contributed by atoms with Crippen molar-refractivity contribution in [3.8, 4) is 33.9 Å². The molecular formula is C26H21FN8. The van der Waals surface area contributed by atoms with Gasteiger partial charge in [0.25, 0.3) is 0 Å². The highest BCUT2D eigenvalue weighted by atomic mass is 19.1. The summed E-state index contributed by atoms with van der Waals surface area (Å²) in [5.41, 5.74) is 8.46. The van der Waals surface area contributed by atoms with E-state index in [-0.39, 0.29) is 5.82 Å². The van der Waals surface area contributed by atoms with E-state index in [9.17, 15) is 4.39 Å². The van der Waals surface area contributed by atoms with E-state index in [2.05, 4.69) is 25.1 Å².